The van der Waals surface area contributed by atoms with Crippen molar-refractivity contribution in [1.82, 2.24) is 14.8 Å². The van der Waals surface area contributed by atoms with Gasteiger partial charge in [0, 0.05) is 6.20 Å². The fourth-order valence-electron chi connectivity index (χ4n) is 1.81. The van der Waals surface area contributed by atoms with Crippen molar-refractivity contribution in [3.63, 3.8) is 0 Å². The molecule has 0 spiro atoms. The van der Waals surface area contributed by atoms with Crippen LogP contribution in [0.3, 0.4) is 0 Å². The van der Waals surface area contributed by atoms with Crippen LogP contribution in [-0.2, 0) is 4.79 Å². The molecule has 1 amide bonds. The Kier molecular flexibility index (Phi) is 5.62. The third-order valence-electron chi connectivity index (χ3n) is 2.85. The van der Waals surface area contributed by atoms with E-state index in [2.05, 4.69) is 15.4 Å². The van der Waals surface area contributed by atoms with Gasteiger partial charge in [-0.1, -0.05) is 52.9 Å². The van der Waals surface area contributed by atoms with Gasteiger partial charge >= 0.3 is 0 Å². The van der Waals surface area contributed by atoms with Crippen LogP contribution in [0.1, 0.15) is 0 Å². The van der Waals surface area contributed by atoms with E-state index in [1.807, 2.05) is 30.3 Å². The molecule has 0 saturated carbocycles. The van der Waals surface area contributed by atoms with E-state index >= 15 is 0 Å². The Labute approximate surface area is 156 Å². The molecule has 2 heterocycles. The van der Waals surface area contributed by atoms with Gasteiger partial charge in [0.25, 0.3) is 0 Å². The van der Waals surface area contributed by atoms with Gasteiger partial charge < -0.3 is 5.32 Å². The summed E-state index contributed by atoms with van der Waals surface area (Å²) in [5, 5.41) is 7.68. The Balaban J connectivity index is 1.62. The number of carbonyl (C=O) groups is 1. The molecule has 3 aromatic rings. The van der Waals surface area contributed by atoms with Crippen LogP contribution < -0.4 is 5.32 Å². The average Bonchev–Trinajstić information content (AvgIpc) is 2.97. The summed E-state index contributed by atoms with van der Waals surface area (Å²) in [4.78, 5) is 16.0. The largest absolute Gasteiger partial charge is 0.310 e. The van der Waals surface area contributed by atoms with Gasteiger partial charge in [-0.05, 0) is 36.5 Å². The maximum Gasteiger partial charge on any atom is 0.235 e. The molecule has 5 nitrogen and oxygen atoms in total. The lowest BCUT2D eigenvalue weighted by Gasteiger charge is -2.03. The number of carbonyl (C=O) groups excluding carboxylic acids is 1. The number of pyridine rings is 1. The standard InChI is InChI=1S/C15H11ClN4OS3/c16-10-6-7-12(17-8-10)18-13(21)9-23-14-19-20(15(22)24-14)11-4-2-1-3-5-11/h1-8H,9H2,(H,17,18,21). The van der Waals surface area contributed by atoms with Crippen molar-refractivity contribution in [2.24, 2.45) is 0 Å². The molecule has 0 saturated heterocycles. The van der Waals surface area contributed by atoms with Gasteiger partial charge in [0.15, 0.2) is 8.29 Å². The maximum atomic E-state index is 12.0. The SMILES string of the molecule is O=C(CSc1nn(-c2ccccc2)c(=S)s1)Nc1ccc(Cl)cn1. The summed E-state index contributed by atoms with van der Waals surface area (Å²) >= 11 is 13.8. The number of hydrogen-bond donors (Lipinski definition) is 1. The number of amides is 1. The fraction of sp³-hybridized carbons (Fsp3) is 0.0667. The number of aromatic nitrogens is 3. The summed E-state index contributed by atoms with van der Waals surface area (Å²) in [6.07, 6.45) is 1.48. The summed E-state index contributed by atoms with van der Waals surface area (Å²) in [6, 6.07) is 13.0. The predicted octanol–water partition coefficient (Wildman–Crippen LogP) is 4.44. The number of hydrogen-bond acceptors (Lipinski definition) is 6. The lowest BCUT2D eigenvalue weighted by Crippen LogP contribution is -2.14. The molecule has 0 radical (unpaired) electrons. The van der Waals surface area contributed by atoms with Crippen molar-refractivity contribution in [2.75, 3.05) is 11.1 Å². The minimum Gasteiger partial charge on any atom is -0.310 e. The number of halogens is 1. The first-order valence-electron chi connectivity index (χ1n) is 6.81. The van der Waals surface area contributed by atoms with Crippen LogP contribution in [0.2, 0.25) is 5.02 Å². The number of rotatable bonds is 5. The highest BCUT2D eigenvalue weighted by Gasteiger charge is 2.09. The number of para-hydroxylation sites is 1. The summed E-state index contributed by atoms with van der Waals surface area (Å²) in [5.41, 5.74) is 0.903. The Morgan fingerprint density at radius 3 is 2.79 bits per heavy atom. The molecule has 1 N–H and O–H groups in total. The van der Waals surface area contributed by atoms with Gasteiger partial charge in [-0.2, -0.15) is 0 Å². The Hall–Kier alpha value is -1.74. The minimum atomic E-state index is -0.165. The van der Waals surface area contributed by atoms with Gasteiger partial charge in [-0.15, -0.1) is 5.10 Å². The van der Waals surface area contributed by atoms with Gasteiger partial charge in [0.05, 0.1) is 16.5 Å². The number of nitrogens with one attached hydrogen (secondary N) is 1. The molecule has 0 fully saturated rings. The van der Waals surface area contributed by atoms with Crippen molar-refractivity contribution in [1.29, 1.82) is 0 Å². The van der Waals surface area contributed by atoms with Gasteiger partial charge in [-0.3, -0.25) is 4.79 Å². The normalized spacial score (nSPS) is 10.5. The summed E-state index contributed by atoms with van der Waals surface area (Å²) in [7, 11) is 0. The van der Waals surface area contributed by atoms with Gasteiger partial charge in [-0.25, -0.2) is 9.67 Å². The van der Waals surface area contributed by atoms with Crippen molar-refractivity contribution in [3.8, 4) is 5.69 Å². The first-order chi connectivity index (χ1) is 11.6. The van der Waals surface area contributed by atoms with Gasteiger partial charge in [0.2, 0.25) is 5.91 Å². The molecule has 0 aliphatic heterocycles. The van der Waals surface area contributed by atoms with E-state index in [0.717, 1.165) is 10.0 Å². The van der Waals surface area contributed by atoms with Crippen LogP contribution in [-0.4, -0.2) is 26.4 Å². The third-order valence-corrected chi connectivity index (χ3v) is 5.44. The molecule has 0 bridgehead atoms. The summed E-state index contributed by atoms with van der Waals surface area (Å²) < 4.78 is 3.08. The van der Waals surface area contributed by atoms with E-state index in [1.165, 1.54) is 29.3 Å². The van der Waals surface area contributed by atoms with E-state index in [1.54, 1.807) is 16.8 Å². The van der Waals surface area contributed by atoms with Crippen LogP contribution in [0.15, 0.2) is 53.0 Å². The molecule has 0 atom stereocenters. The Morgan fingerprint density at radius 1 is 1.29 bits per heavy atom. The highest BCUT2D eigenvalue weighted by molar-refractivity contribution is 8.01. The lowest BCUT2D eigenvalue weighted by molar-refractivity contribution is -0.113. The van der Waals surface area contributed by atoms with Crippen LogP contribution in [0.25, 0.3) is 5.69 Å². The zero-order chi connectivity index (χ0) is 16.9. The molecule has 24 heavy (non-hydrogen) atoms. The molecule has 3 rings (SSSR count). The van der Waals surface area contributed by atoms with Crippen LogP contribution in [0.5, 0.6) is 0 Å². The predicted molar refractivity (Wildman–Crippen MR) is 101 cm³/mol. The second-order valence-electron chi connectivity index (χ2n) is 4.58. The molecule has 9 heteroatoms. The smallest absolute Gasteiger partial charge is 0.235 e. The molecule has 0 unspecified atom stereocenters. The van der Waals surface area contributed by atoms with Crippen molar-refractivity contribution >= 4 is 58.6 Å². The van der Waals surface area contributed by atoms with E-state index in [9.17, 15) is 4.79 Å². The second-order valence-corrected chi connectivity index (χ2v) is 7.86. The van der Waals surface area contributed by atoms with Crippen LogP contribution >= 0.6 is 46.9 Å². The molecule has 0 aliphatic carbocycles. The number of nitrogens with zero attached hydrogens (tertiary/aromatic N) is 3. The van der Waals surface area contributed by atoms with E-state index < -0.39 is 0 Å². The number of thioether (sulfide) groups is 1. The average molecular weight is 395 g/mol. The molecular weight excluding hydrogens is 384 g/mol. The van der Waals surface area contributed by atoms with Crippen molar-refractivity contribution in [3.05, 3.63) is 57.6 Å². The topological polar surface area (TPSA) is 59.8 Å². The van der Waals surface area contributed by atoms with E-state index in [-0.39, 0.29) is 11.7 Å². The van der Waals surface area contributed by atoms with E-state index in [4.69, 9.17) is 23.8 Å². The zero-order valence-electron chi connectivity index (χ0n) is 12.2. The Morgan fingerprint density at radius 2 is 2.08 bits per heavy atom. The van der Waals surface area contributed by atoms with Crippen molar-refractivity contribution < 1.29 is 4.79 Å². The highest BCUT2D eigenvalue weighted by atomic mass is 35.5. The van der Waals surface area contributed by atoms with E-state index in [0.29, 0.717) is 14.8 Å². The molecule has 0 aliphatic rings. The first kappa shape index (κ1) is 17.1. The first-order valence-corrected chi connectivity index (χ1v) is 9.40. The summed E-state index contributed by atoms with van der Waals surface area (Å²) in [5.74, 6) is 0.524. The monoisotopic (exact) mass is 394 g/mol. The Bertz CT molecular complexity index is 893. The lowest BCUT2D eigenvalue weighted by atomic mass is 10.3. The van der Waals surface area contributed by atoms with Crippen LogP contribution in [0.4, 0.5) is 5.82 Å². The summed E-state index contributed by atoms with van der Waals surface area (Å²) in [6.45, 7) is 0. The number of benzene rings is 1. The molecule has 1 aromatic carbocycles. The zero-order valence-corrected chi connectivity index (χ0v) is 15.4. The fourth-order valence-corrected chi connectivity index (χ4v) is 4.08. The molecular formula is C15H11ClN4OS3. The molecule has 122 valence electrons. The molecule has 2 aromatic heterocycles. The van der Waals surface area contributed by atoms with Crippen molar-refractivity contribution in [2.45, 2.75) is 4.34 Å². The highest BCUT2D eigenvalue weighted by Crippen LogP contribution is 2.24. The quantitative estimate of drug-likeness (QED) is 0.512. The maximum absolute atomic E-state index is 12.0. The second kappa shape index (κ2) is 7.89. The minimum absolute atomic E-state index is 0.165. The third kappa shape index (κ3) is 4.41. The van der Waals surface area contributed by atoms with Gasteiger partial charge in [0.1, 0.15) is 5.82 Å². The number of anilines is 1. The van der Waals surface area contributed by atoms with Crippen LogP contribution in [0, 0.1) is 3.95 Å².